The highest BCUT2D eigenvalue weighted by molar-refractivity contribution is 6.77. The molecule has 0 aliphatic heterocycles. The first-order valence-electron chi connectivity index (χ1n) is 9.48. The van der Waals surface area contributed by atoms with E-state index < -0.39 is 45.6 Å². The van der Waals surface area contributed by atoms with Crippen molar-refractivity contribution in [2.45, 2.75) is 82.8 Å². The van der Waals surface area contributed by atoms with Crippen LogP contribution in [0.5, 0.6) is 0 Å². The predicted octanol–water partition coefficient (Wildman–Crippen LogP) is 6.29. The van der Waals surface area contributed by atoms with E-state index in [0.717, 1.165) is 6.08 Å². The Hall–Kier alpha value is -1.30. The zero-order valence-electron chi connectivity index (χ0n) is 17.8. The van der Waals surface area contributed by atoms with Crippen molar-refractivity contribution in [1.82, 2.24) is 5.32 Å². The predicted molar refractivity (Wildman–Crippen MR) is 101 cm³/mol. The van der Waals surface area contributed by atoms with E-state index >= 15 is 0 Å². The van der Waals surface area contributed by atoms with E-state index in [1.54, 1.807) is 5.32 Å². The molecule has 0 heterocycles. The fraction of sp³-hybridized carbons (Fsp3) is 0.833. The number of carbonyl (C=O) groups is 1. The molecule has 4 nitrogen and oxygen atoms in total. The van der Waals surface area contributed by atoms with E-state index in [0.29, 0.717) is 16.6 Å². The number of hydrogen-bond donors (Lipinski definition) is 1. The molecule has 12 heteroatoms. The van der Waals surface area contributed by atoms with Crippen LogP contribution in [0.25, 0.3) is 0 Å². The van der Waals surface area contributed by atoms with Gasteiger partial charge in [0.05, 0.1) is 13.2 Å². The maximum Gasteiger partial charge on any atom is 0.434 e. The Bertz CT molecular complexity index is 527. The third-order valence-electron chi connectivity index (χ3n) is 4.74. The average molecular weight is 470 g/mol. The number of alkyl carbamates (subject to hydrolysis) is 1. The fourth-order valence-corrected chi connectivity index (χ4v) is 9.00. The van der Waals surface area contributed by atoms with Crippen molar-refractivity contribution in [3.8, 4) is 0 Å². The maximum atomic E-state index is 13.8. The van der Waals surface area contributed by atoms with Gasteiger partial charge in [-0.3, -0.25) is 0 Å². The van der Waals surface area contributed by atoms with E-state index in [-0.39, 0.29) is 6.61 Å². The van der Waals surface area contributed by atoms with E-state index in [2.05, 4.69) is 46.3 Å². The molecule has 178 valence electrons. The molecule has 0 unspecified atom stereocenters. The summed E-state index contributed by atoms with van der Waals surface area (Å²) >= 11 is 0. The first kappa shape index (κ1) is 28.7. The largest absolute Gasteiger partial charge is 0.434 e. The lowest BCUT2D eigenvalue weighted by atomic mass is 10.3. The highest BCUT2D eigenvalue weighted by atomic mass is 28.4. The van der Waals surface area contributed by atoms with Crippen LogP contribution in [0.15, 0.2) is 12.2 Å². The van der Waals surface area contributed by atoms with Crippen molar-refractivity contribution >= 4 is 14.4 Å². The van der Waals surface area contributed by atoms with Crippen molar-refractivity contribution in [3.05, 3.63) is 12.2 Å². The highest BCUT2D eigenvalue weighted by Crippen LogP contribution is 2.42. The number of hydrogen-bond acceptors (Lipinski definition) is 3. The quantitative estimate of drug-likeness (QED) is 0.232. The van der Waals surface area contributed by atoms with Gasteiger partial charge in [-0.25, -0.2) is 9.18 Å². The van der Waals surface area contributed by atoms with Gasteiger partial charge in [-0.05, 0) is 16.6 Å². The molecule has 0 aromatic carbocycles. The Morgan fingerprint density at radius 2 is 1.37 bits per heavy atom. The lowest BCUT2D eigenvalue weighted by Gasteiger charge is -2.41. The molecule has 0 aliphatic carbocycles. The van der Waals surface area contributed by atoms with Crippen molar-refractivity contribution in [2.24, 2.45) is 0 Å². The number of halogens is 7. The minimum Gasteiger partial charge on any atom is -0.427 e. The minimum absolute atomic E-state index is 0.107. The third-order valence-corrected chi connectivity index (χ3v) is 10.8. The summed E-state index contributed by atoms with van der Waals surface area (Å²) in [4.78, 5) is 11.2. The third kappa shape index (κ3) is 8.44. The summed E-state index contributed by atoms with van der Waals surface area (Å²) in [5.74, 6) is 0. The Kier molecular flexibility index (Phi) is 10.9. The minimum atomic E-state index is -5.83. The molecule has 1 amide bonds. The lowest BCUT2D eigenvalue weighted by Crippen LogP contribution is -2.48. The average Bonchev–Trinajstić information content (AvgIpc) is 2.54. The zero-order chi connectivity index (χ0) is 23.9. The summed E-state index contributed by atoms with van der Waals surface area (Å²) in [5, 5.41) is 1.55. The van der Waals surface area contributed by atoms with E-state index in [4.69, 9.17) is 4.43 Å². The van der Waals surface area contributed by atoms with Crippen LogP contribution in [0.4, 0.5) is 35.5 Å². The molecule has 0 spiro atoms. The molecular formula is C18H30F7NO3Si. The number of amides is 1. The lowest BCUT2D eigenvalue weighted by molar-refractivity contribution is -0.307. The van der Waals surface area contributed by atoms with Crippen LogP contribution in [0, 0.1) is 0 Å². The van der Waals surface area contributed by atoms with Crippen LogP contribution in [0.3, 0.4) is 0 Å². The van der Waals surface area contributed by atoms with Crippen LogP contribution in [-0.2, 0) is 9.16 Å². The van der Waals surface area contributed by atoms with E-state index in [1.165, 1.54) is 6.08 Å². The molecule has 0 bridgehead atoms. The number of ether oxygens (including phenoxy) is 1. The van der Waals surface area contributed by atoms with Gasteiger partial charge in [0, 0.05) is 0 Å². The van der Waals surface area contributed by atoms with Gasteiger partial charge in [-0.1, -0.05) is 53.7 Å². The second-order valence-corrected chi connectivity index (χ2v) is 13.3. The van der Waals surface area contributed by atoms with Gasteiger partial charge < -0.3 is 14.5 Å². The summed E-state index contributed by atoms with van der Waals surface area (Å²) in [6, 6.07) is 0. The Labute approximate surface area is 173 Å². The van der Waals surface area contributed by atoms with Crippen LogP contribution >= 0.6 is 0 Å². The first-order valence-corrected chi connectivity index (χ1v) is 11.6. The second-order valence-electron chi connectivity index (χ2n) is 7.82. The molecule has 0 fully saturated rings. The normalized spacial score (nSPS) is 15.0. The van der Waals surface area contributed by atoms with Gasteiger partial charge in [0.15, 0.2) is 0 Å². The van der Waals surface area contributed by atoms with Crippen molar-refractivity contribution in [1.29, 1.82) is 0 Å². The first-order chi connectivity index (χ1) is 13.5. The number of carbonyl (C=O) groups excluding carboxylic acids is 1. The monoisotopic (exact) mass is 469 g/mol. The molecule has 0 rings (SSSR count). The smallest absolute Gasteiger partial charge is 0.427 e. The summed E-state index contributed by atoms with van der Waals surface area (Å²) in [5.41, 5.74) is 0.913. The van der Waals surface area contributed by atoms with Gasteiger partial charge >= 0.3 is 18.4 Å². The van der Waals surface area contributed by atoms with Crippen molar-refractivity contribution in [2.75, 3.05) is 13.2 Å². The number of rotatable bonds is 10. The van der Waals surface area contributed by atoms with Crippen LogP contribution in [0.1, 0.15) is 41.5 Å². The van der Waals surface area contributed by atoms with E-state index in [1.807, 2.05) is 0 Å². The summed E-state index contributed by atoms with van der Waals surface area (Å²) in [6.07, 6.45) is -17.4. The van der Waals surface area contributed by atoms with Gasteiger partial charge in [-0.2, -0.15) is 26.3 Å². The van der Waals surface area contributed by atoms with Gasteiger partial charge in [-0.15, -0.1) is 0 Å². The molecule has 0 aliphatic rings. The number of nitrogens with one attached hydrogen (secondary N) is 1. The molecule has 0 aromatic heterocycles. The van der Waals surface area contributed by atoms with Crippen LogP contribution < -0.4 is 5.32 Å². The van der Waals surface area contributed by atoms with E-state index in [9.17, 15) is 35.5 Å². The van der Waals surface area contributed by atoms with Crippen LogP contribution in [0.2, 0.25) is 16.6 Å². The van der Waals surface area contributed by atoms with Crippen molar-refractivity contribution in [3.63, 3.8) is 0 Å². The van der Waals surface area contributed by atoms with Gasteiger partial charge in [0.25, 0.3) is 6.10 Å². The Morgan fingerprint density at radius 1 is 0.933 bits per heavy atom. The standard InChI is InChI=1S/C18H30F7NO3Si/c1-11(2)30(12(3)4,13(5)6)28-9-7-8-14(19)10-26-16(27)29-15(17(20,21)22)18(23,24)25/h7-8,11-15H,9-10H2,1-6H3,(H,26,27)/b8-7+/t14-/m1/s1. The van der Waals surface area contributed by atoms with Gasteiger partial charge in [0.1, 0.15) is 6.17 Å². The zero-order valence-corrected chi connectivity index (χ0v) is 18.8. The molecule has 1 atom stereocenters. The molecule has 0 radical (unpaired) electrons. The topological polar surface area (TPSA) is 47.6 Å². The molecule has 30 heavy (non-hydrogen) atoms. The maximum absolute atomic E-state index is 13.8. The van der Waals surface area contributed by atoms with Crippen molar-refractivity contribution < 1.29 is 44.7 Å². The molecule has 1 N–H and O–H groups in total. The van der Waals surface area contributed by atoms with Crippen LogP contribution in [-0.4, -0.2) is 52.2 Å². The summed E-state index contributed by atoms with van der Waals surface area (Å²) in [7, 11) is -2.17. The second kappa shape index (κ2) is 11.4. The highest BCUT2D eigenvalue weighted by Gasteiger charge is 2.60. The molecular weight excluding hydrogens is 439 g/mol. The Balaban J connectivity index is 4.72. The summed E-state index contributed by atoms with van der Waals surface area (Å²) in [6.45, 7) is 11.7. The summed E-state index contributed by atoms with van der Waals surface area (Å²) < 4.78 is 97.3. The fourth-order valence-electron chi connectivity index (χ4n) is 3.61. The molecule has 0 saturated carbocycles. The number of alkyl halides is 7. The SMILES string of the molecule is CC(C)[Si](OC/C=C/[C@@H](F)CNC(=O)OC(C(F)(F)F)C(F)(F)F)(C(C)C)C(C)C. The Morgan fingerprint density at radius 3 is 1.73 bits per heavy atom. The molecule has 0 aromatic rings. The molecule has 0 saturated heterocycles. The van der Waals surface area contributed by atoms with Gasteiger partial charge in [0.2, 0.25) is 8.32 Å².